The van der Waals surface area contributed by atoms with Gasteiger partial charge < -0.3 is 20.1 Å². The first-order valence-corrected chi connectivity index (χ1v) is 10.5. The molecule has 152 valence electrons. The normalized spacial score (nSPS) is 11.2. The number of pyridine rings is 1. The average Bonchev–Trinajstić information content (AvgIpc) is 3.28. The number of ether oxygens (including phenoxy) is 2. The first-order valence-electron chi connectivity index (χ1n) is 9.59. The van der Waals surface area contributed by atoms with Crippen molar-refractivity contribution >= 4 is 17.3 Å². The van der Waals surface area contributed by atoms with E-state index < -0.39 is 0 Å². The molecular formula is C22H26N4O2S. The summed E-state index contributed by atoms with van der Waals surface area (Å²) in [6.45, 7) is 3.97. The lowest BCUT2D eigenvalue weighted by Gasteiger charge is -2.15. The Bertz CT molecular complexity index is 913. The third-order valence-corrected chi connectivity index (χ3v) is 4.81. The van der Waals surface area contributed by atoms with E-state index >= 15 is 0 Å². The number of para-hydroxylation sites is 2. The van der Waals surface area contributed by atoms with Gasteiger partial charge in [-0.25, -0.2) is 4.98 Å². The van der Waals surface area contributed by atoms with Gasteiger partial charge in [0.1, 0.15) is 0 Å². The molecule has 0 aliphatic carbocycles. The van der Waals surface area contributed by atoms with Crippen LogP contribution in [0.15, 0.2) is 64.4 Å². The third-order valence-electron chi connectivity index (χ3n) is 4.08. The average molecular weight is 411 g/mol. The smallest absolute Gasteiger partial charge is 0.224 e. The second-order valence-electron chi connectivity index (χ2n) is 6.28. The van der Waals surface area contributed by atoms with E-state index in [4.69, 9.17) is 9.47 Å². The van der Waals surface area contributed by atoms with Gasteiger partial charge in [0.05, 0.1) is 6.61 Å². The highest BCUT2D eigenvalue weighted by Gasteiger charge is 2.11. The second-order valence-corrected chi connectivity index (χ2v) is 7.06. The molecule has 0 aliphatic rings. The highest BCUT2D eigenvalue weighted by atomic mass is 32.1. The molecule has 2 aromatic heterocycles. The SMILES string of the molecule is CCCOc1ccccc1Oc1ncccc1CNC(=NC)NCc1ccsc1. The molecule has 6 nitrogen and oxygen atoms in total. The first kappa shape index (κ1) is 20.7. The van der Waals surface area contributed by atoms with Crippen LogP contribution in [-0.4, -0.2) is 24.6 Å². The van der Waals surface area contributed by atoms with Crippen molar-refractivity contribution in [3.8, 4) is 17.4 Å². The van der Waals surface area contributed by atoms with Crippen LogP contribution in [0.1, 0.15) is 24.5 Å². The molecule has 7 heteroatoms. The Morgan fingerprint density at radius 3 is 2.66 bits per heavy atom. The number of aromatic nitrogens is 1. The maximum Gasteiger partial charge on any atom is 0.224 e. The zero-order valence-corrected chi connectivity index (χ0v) is 17.5. The van der Waals surface area contributed by atoms with Gasteiger partial charge >= 0.3 is 0 Å². The van der Waals surface area contributed by atoms with Gasteiger partial charge in [0.15, 0.2) is 17.5 Å². The number of hydrogen-bond donors (Lipinski definition) is 2. The van der Waals surface area contributed by atoms with Gasteiger partial charge in [-0.05, 0) is 47.0 Å². The summed E-state index contributed by atoms with van der Waals surface area (Å²) >= 11 is 1.68. The minimum Gasteiger partial charge on any atom is -0.490 e. The highest BCUT2D eigenvalue weighted by Crippen LogP contribution is 2.31. The van der Waals surface area contributed by atoms with Crippen LogP contribution >= 0.6 is 11.3 Å². The fraction of sp³-hybridized carbons (Fsp3) is 0.273. The molecule has 3 aromatic rings. The van der Waals surface area contributed by atoms with E-state index in [1.165, 1.54) is 5.56 Å². The molecule has 1 aromatic carbocycles. The standard InChI is InChI=1S/C22H26N4O2S/c1-3-12-27-19-8-4-5-9-20(19)28-21-18(7-6-11-24-21)15-26-22(23-2)25-14-17-10-13-29-16-17/h4-11,13,16H,3,12,14-15H2,1-2H3,(H2,23,25,26). The van der Waals surface area contributed by atoms with Crippen LogP contribution < -0.4 is 20.1 Å². The predicted octanol–water partition coefficient (Wildman–Crippen LogP) is 4.59. The Morgan fingerprint density at radius 2 is 1.90 bits per heavy atom. The molecule has 0 saturated carbocycles. The maximum atomic E-state index is 6.09. The van der Waals surface area contributed by atoms with E-state index in [-0.39, 0.29) is 0 Å². The summed E-state index contributed by atoms with van der Waals surface area (Å²) in [6.07, 6.45) is 2.66. The lowest BCUT2D eigenvalue weighted by molar-refractivity contribution is 0.300. The zero-order chi connectivity index (χ0) is 20.3. The molecule has 0 radical (unpaired) electrons. The first-order chi connectivity index (χ1) is 14.3. The highest BCUT2D eigenvalue weighted by molar-refractivity contribution is 7.07. The monoisotopic (exact) mass is 410 g/mol. The second kappa shape index (κ2) is 11.1. The Balaban J connectivity index is 1.64. The van der Waals surface area contributed by atoms with E-state index in [1.807, 2.05) is 36.4 Å². The van der Waals surface area contributed by atoms with Crippen LogP contribution in [-0.2, 0) is 13.1 Å². The molecule has 2 N–H and O–H groups in total. The van der Waals surface area contributed by atoms with Crippen molar-refractivity contribution in [3.63, 3.8) is 0 Å². The lowest BCUT2D eigenvalue weighted by Crippen LogP contribution is -2.36. The summed E-state index contributed by atoms with van der Waals surface area (Å²) in [5, 5.41) is 10.8. The van der Waals surface area contributed by atoms with Crippen molar-refractivity contribution in [1.82, 2.24) is 15.6 Å². The number of guanidine groups is 1. The topological polar surface area (TPSA) is 67.8 Å². The third kappa shape index (κ3) is 6.22. The van der Waals surface area contributed by atoms with Crippen LogP contribution in [0.25, 0.3) is 0 Å². The lowest BCUT2D eigenvalue weighted by atomic mass is 10.2. The Kier molecular flexibility index (Phi) is 7.89. The Morgan fingerprint density at radius 1 is 1.07 bits per heavy atom. The fourth-order valence-electron chi connectivity index (χ4n) is 2.60. The van der Waals surface area contributed by atoms with E-state index in [0.29, 0.717) is 30.5 Å². The van der Waals surface area contributed by atoms with Crippen LogP contribution in [0.5, 0.6) is 17.4 Å². The minimum atomic E-state index is 0.532. The molecule has 0 aliphatic heterocycles. The number of rotatable bonds is 9. The molecule has 0 fully saturated rings. The van der Waals surface area contributed by atoms with Crippen LogP contribution in [0.2, 0.25) is 0 Å². The van der Waals surface area contributed by atoms with E-state index in [0.717, 1.165) is 24.5 Å². The summed E-state index contributed by atoms with van der Waals surface area (Å²) in [5.74, 6) is 2.63. The minimum absolute atomic E-state index is 0.532. The summed E-state index contributed by atoms with van der Waals surface area (Å²) in [5.41, 5.74) is 2.16. The number of nitrogens with one attached hydrogen (secondary N) is 2. The Hall–Kier alpha value is -3.06. The van der Waals surface area contributed by atoms with Crippen molar-refractivity contribution in [1.29, 1.82) is 0 Å². The van der Waals surface area contributed by atoms with Gasteiger partial charge in [0.2, 0.25) is 5.88 Å². The van der Waals surface area contributed by atoms with E-state index in [1.54, 1.807) is 24.6 Å². The number of aliphatic imine (C=N–C) groups is 1. The van der Waals surface area contributed by atoms with Gasteiger partial charge in [-0.3, -0.25) is 4.99 Å². The molecule has 0 unspecified atom stereocenters. The maximum absolute atomic E-state index is 6.09. The molecule has 0 saturated heterocycles. The van der Waals surface area contributed by atoms with E-state index in [9.17, 15) is 0 Å². The van der Waals surface area contributed by atoms with Gasteiger partial charge in [0.25, 0.3) is 0 Å². The van der Waals surface area contributed by atoms with E-state index in [2.05, 4.69) is 44.4 Å². The number of nitrogens with zero attached hydrogens (tertiary/aromatic N) is 2. The largest absolute Gasteiger partial charge is 0.490 e. The van der Waals surface area contributed by atoms with Gasteiger partial charge in [-0.15, -0.1) is 0 Å². The molecule has 0 atom stereocenters. The summed E-state index contributed by atoms with van der Waals surface area (Å²) in [7, 11) is 1.75. The summed E-state index contributed by atoms with van der Waals surface area (Å²) in [6, 6.07) is 13.6. The quantitative estimate of drug-likeness (QED) is 0.399. The molecule has 0 bridgehead atoms. The van der Waals surface area contributed by atoms with Crippen molar-refractivity contribution in [2.45, 2.75) is 26.4 Å². The van der Waals surface area contributed by atoms with Crippen molar-refractivity contribution in [2.24, 2.45) is 4.99 Å². The van der Waals surface area contributed by atoms with Gasteiger partial charge in [0, 0.05) is 31.9 Å². The molecular weight excluding hydrogens is 384 g/mol. The zero-order valence-electron chi connectivity index (χ0n) is 16.7. The molecule has 2 heterocycles. The van der Waals surface area contributed by atoms with Gasteiger partial charge in [-0.1, -0.05) is 25.1 Å². The number of thiophene rings is 1. The van der Waals surface area contributed by atoms with Crippen LogP contribution in [0.3, 0.4) is 0 Å². The summed E-state index contributed by atoms with van der Waals surface area (Å²) in [4.78, 5) is 8.69. The molecule has 3 rings (SSSR count). The summed E-state index contributed by atoms with van der Waals surface area (Å²) < 4.78 is 11.9. The number of benzene rings is 1. The van der Waals surface area contributed by atoms with Crippen molar-refractivity contribution in [2.75, 3.05) is 13.7 Å². The molecule has 0 amide bonds. The van der Waals surface area contributed by atoms with Crippen molar-refractivity contribution < 1.29 is 9.47 Å². The van der Waals surface area contributed by atoms with Gasteiger partial charge in [-0.2, -0.15) is 11.3 Å². The number of hydrogen-bond acceptors (Lipinski definition) is 5. The van der Waals surface area contributed by atoms with Crippen LogP contribution in [0.4, 0.5) is 0 Å². The van der Waals surface area contributed by atoms with Crippen LogP contribution in [0, 0.1) is 0 Å². The predicted molar refractivity (Wildman–Crippen MR) is 118 cm³/mol. The fourth-order valence-corrected chi connectivity index (χ4v) is 3.27. The molecule has 0 spiro atoms. The molecule has 29 heavy (non-hydrogen) atoms. The van der Waals surface area contributed by atoms with Crippen molar-refractivity contribution in [3.05, 3.63) is 70.5 Å². The Labute approximate surface area is 175 Å².